The molecule has 2 aromatic rings. The summed E-state index contributed by atoms with van der Waals surface area (Å²) >= 11 is 2.30. The van der Waals surface area contributed by atoms with E-state index in [2.05, 4.69) is 56.8 Å². The molecule has 2 heterocycles. The van der Waals surface area contributed by atoms with Crippen LogP contribution in [0.5, 0.6) is 0 Å². The highest BCUT2D eigenvalue weighted by atomic mass is 127. The highest BCUT2D eigenvalue weighted by molar-refractivity contribution is 14.1. The molecule has 2 aliphatic rings. The number of likely N-dealkylation sites (tertiary alicyclic amines) is 1. The second-order valence-electron chi connectivity index (χ2n) is 8.67. The van der Waals surface area contributed by atoms with Crippen LogP contribution in [-0.4, -0.2) is 33.1 Å². The van der Waals surface area contributed by atoms with Crippen LogP contribution in [0, 0.1) is 15.4 Å². The largest absolute Gasteiger partial charge is 0.444 e. The Balaban J connectivity index is 1.57. The monoisotopic (exact) mass is 479 g/mol. The predicted octanol–water partition coefficient (Wildman–Crippen LogP) is 5.39. The van der Waals surface area contributed by atoms with Gasteiger partial charge in [0.1, 0.15) is 11.4 Å². The van der Waals surface area contributed by atoms with E-state index >= 15 is 0 Å². The minimum absolute atomic E-state index is 0.0388. The molecule has 1 N–H and O–H groups in total. The van der Waals surface area contributed by atoms with Crippen LogP contribution in [0.15, 0.2) is 30.5 Å². The molecule has 1 aromatic heterocycles. The van der Waals surface area contributed by atoms with Gasteiger partial charge in [0.2, 0.25) is 0 Å². The van der Waals surface area contributed by atoms with Gasteiger partial charge >= 0.3 is 6.09 Å². The van der Waals surface area contributed by atoms with Gasteiger partial charge in [0.05, 0.1) is 17.9 Å². The van der Waals surface area contributed by atoms with Gasteiger partial charge in [-0.25, -0.2) is 9.78 Å². The minimum Gasteiger partial charge on any atom is -0.444 e. The minimum atomic E-state index is -0.491. The molecule has 6 heteroatoms. The van der Waals surface area contributed by atoms with E-state index < -0.39 is 5.60 Å². The maximum Gasteiger partial charge on any atom is 0.410 e. The van der Waals surface area contributed by atoms with Crippen LogP contribution in [-0.2, 0) is 4.74 Å². The number of amides is 1. The number of rotatable bonds is 3. The number of ether oxygens (including phenoxy) is 1. The number of aromatic amines is 1. The number of nitrogens with zero attached hydrogens (tertiary/aromatic N) is 2. The van der Waals surface area contributed by atoms with Crippen molar-refractivity contribution in [3.05, 3.63) is 39.9 Å². The molecule has 0 spiro atoms. The van der Waals surface area contributed by atoms with E-state index in [1.807, 2.05) is 31.9 Å². The molecule has 1 amide bonds. The molecule has 2 fully saturated rings. The zero-order chi connectivity index (χ0) is 19.2. The van der Waals surface area contributed by atoms with Gasteiger partial charge in [-0.1, -0.05) is 12.1 Å². The van der Waals surface area contributed by atoms with Crippen LogP contribution in [0.3, 0.4) is 0 Å². The Hall–Kier alpha value is -1.57. The average Bonchev–Trinajstić information content (AvgIpc) is 3.16. The molecule has 27 heavy (non-hydrogen) atoms. The van der Waals surface area contributed by atoms with E-state index in [4.69, 9.17) is 4.74 Å². The highest BCUT2D eigenvalue weighted by Crippen LogP contribution is 2.47. The first-order chi connectivity index (χ1) is 12.8. The quantitative estimate of drug-likeness (QED) is 0.601. The van der Waals surface area contributed by atoms with Gasteiger partial charge in [0.15, 0.2) is 0 Å². The first-order valence-corrected chi connectivity index (χ1v) is 10.7. The van der Waals surface area contributed by atoms with Crippen molar-refractivity contribution in [2.45, 2.75) is 51.7 Å². The van der Waals surface area contributed by atoms with Crippen LogP contribution in [0.1, 0.15) is 51.9 Å². The summed E-state index contributed by atoms with van der Waals surface area (Å²) in [5, 5.41) is 0. The van der Waals surface area contributed by atoms with Crippen molar-refractivity contribution in [2.24, 2.45) is 11.8 Å². The average molecular weight is 479 g/mol. The fourth-order valence-corrected chi connectivity index (χ4v) is 4.20. The van der Waals surface area contributed by atoms with E-state index in [0.29, 0.717) is 5.92 Å². The van der Waals surface area contributed by atoms with E-state index in [1.165, 1.54) is 16.4 Å². The van der Waals surface area contributed by atoms with E-state index in [1.54, 1.807) is 0 Å². The third-order valence-electron chi connectivity index (χ3n) is 5.32. The summed E-state index contributed by atoms with van der Waals surface area (Å²) in [4.78, 5) is 22.8. The number of imidazole rings is 1. The van der Waals surface area contributed by atoms with Crippen molar-refractivity contribution >= 4 is 28.7 Å². The fraction of sp³-hybridized carbons (Fsp3) is 0.524. The molecule has 1 saturated carbocycles. The molecule has 0 radical (unpaired) electrons. The van der Waals surface area contributed by atoms with Crippen LogP contribution in [0.25, 0.3) is 11.3 Å². The molecule has 1 saturated heterocycles. The number of carbonyl (C=O) groups excluding carboxylic acids is 1. The normalized spacial score (nSPS) is 22.9. The zero-order valence-corrected chi connectivity index (χ0v) is 18.2. The second kappa shape index (κ2) is 7.11. The Bertz CT molecular complexity index is 821. The molecule has 4 rings (SSSR count). The Kier molecular flexibility index (Phi) is 4.94. The standard InChI is InChI=1S/C21H26IN3O2/c1-21(2,3)27-20(26)25-12-15(13-4-5-13)10-18(25)19-23-11-17(24-19)14-6-8-16(22)9-7-14/h6-9,11,13,15,18H,4-5,10,12H2,1-3H3,(H,23,24)/t15-,18-/m0/s1. The lowest BCUT2D eigenvalue weighted by Crippen LogP contribution is -2.37. The molecule has 0 unspecified atom stereocenters. The Morgan fingerprint density at radius 3 is 2.56 bits per heavy atom. The van der Waals surface area contributed by atoms with Gasteiger partial charge < -0.3 is 9.72 Å². The van der Waals surface area contributed by atoms with Crippen LogP contribution in [0.4, 0.5) is 4.79 Å². The van der Waals surface area contributed by atoms with Crippen molar-refractivity contribution in [1.29, 1.82) is 0 Å². The molecule has 2 atom stereocenters. The first-order valence-electron chi connectivity index (χ1n) is 9.60. The Morgan fingerprint density at radius 2 is 1.93 bits per heavy atom. The summed E-state index contributed by atoms with van der Waals surface area (Å²) in [6, 6.07) is 8.31. The van der Waals surface area contributed by atoms with E-state index in [-0.39, 0.29) is 12.1 Å². The SMILES string of the molecule is CC(C)(C)OC(=O)N1C[C@@H](C2CC2)C[C@H]1c1ncc(-c2ccc(I)cc2)[nH]1. The third-order valence-corrected chi connectivity index (χ3v) is 6.04. The summed E-state index contributed by atoms with van der Waals surface area (Å²) in [5.74, 6) is 2.16. The van der Waals surface area contributed by atoms with Gasteiger partial charge in [-0.3, -0.25) is 4.90 Å². The summed E-state index contributed by atoms with van der Waals surface area (Å²) in [5.41, 5.74) is 1.60. The Labute approximate surface area is 174 Å². The van der Waals surface area contributed by atoms with Crippen LogP contribution < -0.4 is 0 Å². The van der Waals surface area contributed by atoms with Crippen molar-refractivity contribution in [2.75, 3.05) is 6.54 Å². The number of aromatic nitrogens is 2. The van der Waals surface area contributed by atoms with Crippen LogP contribution >= 0.6 is 22.6 Å². The topological polar surface area (TPSA) is 58.2 Å². The molecule has 144 valence electrons. The molecular formula is C21H26IN3O2. The van der Waals surface area contributed by atoms with E-state index in [0.717, 1.165) is 36.0 Å². The Morgan fingerprint density at radius 1 is 1.22 bits per heavy atom. The summed E-state index contributed by atoms with van der Waals surface area (Å²) in [6.07, 6.45) is 5.17. The number of benzene rings is 1. The highest BCUT2D eigenvalue weighted by Gasteiger charge is 2.45. The lowest BCUT2D eigenvalue weighted by molar-refractivity contribution is 0.0213. The molecule has 5 nitrogen and oxygen atoms in total. The van der Waals surface area contributed by atoms with Crippen molar-refractivity contribution < 1.29 is 9.53 Å². The first kappa shape index (κ1) is 18.8. The molecule has 1 aliphatic heterocycles. The number of hydrogen-bond acceptors (Lipinski definition) is 3. The summed E-state index contributed by atoms with van der Waals surface area (Å²) in [7, 11) is 0. The zero-order valence-electron chi connectivity index (χ0n) is 16.0. The van der Waals surface area contributed by atoms with Crippen molar-refractivity contribution in [1.82, 2.24) is 14.9 Å². The van der Waals surface area contributed by atoms with Gasteiger partial charge in [-0.2, -0.15) is 0 Å². The smallest absolute Gasteiger partial charge is 0.410 e. The lowest BCUT2D eigenvalue weighted by Gasteiger charge is -2.27. The second-order valence-corrected chi connectivity index (χ2v) is 9.92. The summed E-state index contributed by atoms with van der Waals surface area (Å²) < 4.78 is 6.87. The maximum absolute atomic E-state index is 12.8. The molecule has 1 aliphatic carbocycles. The fourth-order valence-electron chi connectivity index (χ4n) is 3.84. The molecular weight excluding hydrogens is 453 g/mol. The van der Waals surface area contributed by atoms with Gasteiger partial charge in [0, 0.05) is 10.1 Å². The number of carbonyl (C=O) groups is 1. The summed E-state index contributed by atoms with van der Waals surface area (Å²) in [6.45, 7) is 6.51. The van der Waals surface area contributed by atoms with Crippen LogP contribution in [0.2, 0.25) is 0 Å². The van der Waals surface area contributed by atoms with Crippen molar-refractivity contribution in [3.8, 4) is 11.3 Å². The number of hydrogen-bond donors (Lipinski definition) is 1. The molecule has 1 aromatic carbocycles. The third kappa shape index (κ3) is 4.31. The van der Waals surface area contributed by atoms with Crippen molar-refractivity contribution in [3.63, 3.8) is 0 Å². The van der Waals surface area contributed by atoms with Gasteiger partial charge in [0.25, 0.3) is 0 Å². The van der Waals surface area contributed by atoms with E-state index in [9.17, 15) is 4.79 Å². The maximum atomic E-state index is 12.8. The molecule has 0 bridgehead atoms. The number of halogens is 1. The van der Waals surface area contributed by atoms with Gasteiger partial charge in [-0.05, 0) is 92.2 Å². The number of H-pyrrole nitrogens is 1. The predicted molar refractivity (Wildman–Crippen MR) is 113 cm³/mol. The lowest BCUT2D eigenvalue weighted by atomic mass is 10.0. The number of nitrogens with one attached hydrogen (secondary N) is 1. The van der Waals surface area contributed by atoms with Gasteiger partial charge in [-0.15, -0.1) is 0 Å².